The Morgan fingerprint density at radius 3 is 2.62 bits per heavy atom. The third kappa shape index (κ3) is 2.62. The molecule has 0 saturated carbocycles. The van der Waals surface area contributed by atoms with Crippen molar-refractivity contribution in [1.29, 1.82) is 0 Å². The van der Waals surface area contributed by atoms with Crippen LogP contribution in [0.3, 0.4) is 0 Å². The second kappa shape index (κ2) is 5.57. The van der Waals surface area contributed by atoms with Crippen LogP contribution in [0.2, 0.25) is 0 Å². The maximum atomic E-state index is 13.9. The number of ketones is 1. The van der Waals surface area contributed by atoms with Gasteiger partial charge < -0.3 is 0 Å². The first-order chi connectivity index (χ1) is 10.2. The normalized spacial score (nSPS) is 10.6. The third-order valence-corrected chi connectivity index (χ3v) is 3.52. The summed E-state index contributed by atoms with van der Waals surface area (Å²) in [7, 11) is 0. The topological polar surface area (TPSA) is 47.8 Å². The average molecular weight is 346 g/mol. The molecule has 0 amide bonds. The zero-order chi connectivity index (χ0) is 14.8. The van der Waals surface area contributed by atoms with Crippen molar-refractivity contribution < 1.29 is 9.18 Å². The zero-order valence-corrected chi connectivity index (χ0v) is 12.3. The number of hydrogen-bond acceptors (Lipinski definition) is 3. The Morgan fingerprint density at radius 1 is 1.10 bits per heavy atom. The van der Waals surface area contributed by atoms with E-state index in [0.29, 0.717) is 0 Å². The molecule has 4 nitrogen and oxygen atoms in total. The Hall–Kier alpha value is -2.34. The number of hydrogen-bond donors (Lipinski definition) is 0. The fourth-order valence-electron chi connectivity index (χ4n) is 1.87. The molecule has 3 aromatic rings. The Morgan fingerprint density at radius 2 is 1.86 bits per heavy atom. The van der Waals surface area contributed by atoms with Gasteiger partial charge in [-0.3, -0.25) is 4.79 Å². The molecule has 21 heavy (non-hydrogen) atoms. The minimum Gasteiger partial charge on any atom is -0.287 e. The van der Waals surface area contributed by atoms with Crippen LogP contribution in [-0.4, -0.2) is 20.8 Å². The number of nitrogens with zero attached hydrogens (tertiary/aromatic N) is 3. The third-order valence-electron chi connectivity index (χ3n) is 2.91. The number of benzene rings is 2. The van der Waals surface area contributed by atoms with Gasteiger partial charge in [0.15, 0.2) is 5.69 Å². The van der Waals surface area contributed by atoms with E-state index < -0.39 is 11.6 Å². The summed E-state index contributed by atoms with van der Waals surface area (Å²) in [4.78, 5) is 13.6. The van der Waals surface area contributed by atoms with Crippen LogP contribution < -0.4 is 0 Å². The van der Waals surface area contributed by atoms with Crippen molar-refractivity contribution in [3.05, 3.63) is 76.3 Å². The van der Waals surface area contributed by atoms with E-state index in [2.05, 4.69) is 26.1 Å². The molecule has 0 aliphatic heterocycles. The van der Waals surface area contributed by atoms with Gasteiger partial charge in [-0.05, 0) is 40.2 Å². The highest BCUT2D eigenvalue weighted by Gasteiger charge is 2.19. The van der Waals surface area contributed by atoms with Gasteiger partial charge in [-0.25, -0.2) is 4.39 Å². The lowest BCUT2D eigenvalue weighted by molar-refractivity contribution is 0.103. The van der Waals surface area contributed by atoms with Gasteiger partial charge in [0.25, 0.3) is 0 Å². The van der Waals surface area contributed by atoms with Gasteiger partial charge in [-0.1, -0.05) is 24.3 Å². The van der Waals surface area contributed by atoms with E-state index in [-0.39, 0.29) is 15.7 Å². The Balaban J connectivity index is 1.97. The van der Waals surface area contributed by atoms with Gasteiger partial charge in [0.05, 0.1) is 21.9 Å². The van der Waals surface area contributed by atoms with Gasteiger partial charge in [0, 0.05) is 0 Å². The van der Waals surface area contributed by atoms with Gasteiger partial charge in [-0.15, -0.1) is 5.10 Å². The van der Waals surface area contributed by atoms with Crippen molar-refractivity contribution in [2.75, 3.05) is 0 Å². The van der Waals surface area contributed by atoms with E-state index in [1.54, 1.807) is 6.07 Å². The lowest BCUT2D eigenvalue weighted by Gasteiger charge is -2.01. The van der Waals surface area contributed by atoms with Gasteiger partial charge in [0.1, 0.15) is 5.82 Å². The molecule has 6 heteroatoms. The van der Waals surface area contributed by atoms with E-state index in [0.717, 1.165) is 5.69 Å². The molecule has 1 heterocycles. The number of carbonyl (C=O) groups is 1. The molecule has 0 radical (unpaired) electrons. The molecule has 1 aromatic heterocycles. The minimum absolute atomic E-state index is 0.0375. The van der Waals surface area contributed by atoms with Crippen LogP contribution in [0, 0.1) is 5.82 Å². The predicted molar refractivity (Wildman–Crippen MR) is 78.9 cm³/mol. The van der Waals surface area contributed by atoms with E-state index in [9.17, 15) is 9.18 Å². The van der Waals surface area contributed by atoms with Crippen molar-refractivity contribution in [2.24, 2.45) is 0 Å². The first kappa shape index (κ1) is 13.6. The quantitative estimate of drug-likeness (QED) is 0.683. The van der Waals surface area contributed by atoms with Crippen LogP contribution in [0.15, 0.2) is 59.2 Å². The number of halogens is 2. The molecule has 104 valence electrons. The smallest absolute Gasteiger partial charge is 0.217 e. The number of carbonyl (C=O) groups excluding carboxylic acids is 1. The maximum Gasteiger partial charge on any atom is 0.217 e. The average Bonchev–Trinajstić information content (AvgIpc) is 3.00. The Labute approximate surface area is 128 Å². The maximum absolute atomic E-state index is 13.9. The summed E-state index contributed by atoms with van der Waals surface area (Å²) in [6, 6.07) is 13.7. The van der Waals surface area contributed by atoms with Gasteiger partial charge in [0.2, 0.25) is 5.78 Å². The number of rotatable bonds is 3. The Kier molecular flexibility index (Phi) is 3.62. The van der Waals surface area contributed by atoms with Crippen molar-refractivity contribution in [3.8, 4) is 5.69 Å². The molecule has 0 aliphatic carbocycles. The fourth-order valence-corrected chi connectivity index (χ4v) is 2.24. The molecule has 2 aromatic carbocycles. The summed E-state index contributed by atoms with van der Waals surface area (Å²) >= 11 is 3.06. The molecular weight excluding hydrogens is 337 g/mol. The van der Waals surface area contributed by atoms with Crippen LogP contribution in [0.1, 0.15) is 16.1 Å². The Bertz CT molecular complexity index is 802. The molecule has 3 rings (SSSR count). The highest BCUT2D eigenvalue weighted by molar-refractivity contribution is 9.10. The highest BCUT2D eigenvalue weighted by atomic mass is 79.9. The van der Waals surface area contributed by atoms with Crippen LogP contribution >= 0.6 is 15.9 Å². The SMILES string of the molecule is O=C(c1cnn(-c2ccccc2)n1)c1cccc(Br)c1F. The number of para-hydroxylation sites is 1. The summed E-state index contributed by atoms with van der Waals surface area (Å²) in [6.45, 7) is 0. The van der Waals surface area contributed by atoms with Crippen molar-refractivity contribution in [2.45, 2.75) is 0 Å². The fraction of sp³-hybridized carbons (Fsp3) is 0. The second-order valence-corrected chi connectivity index (χ2v) is 5.14. The summed E-state index contributed by atoms with van der Waals surface area (Å²) < 4.78 is 14.2. The summed E-state index contributed by atoms with van der Waals surface area (Å²) in [5.41, 5.74) is 0.784. The standard InChI is InChI=1S/C15H9BrFN3O/c16-12-8-4-7-11(14(12)17)15(21)13-9-18-20(19-13)10-5-2-1-3-6-10/h1-9H. The van der Waals surface area contributed by atoms with Crippen molar-refractivity contribution in [1.82, 2.24) is 15.0 Å². The van der Waals surface area contributed by atoms with Crippen molar-refractivity contribution >= 4 is 21.7 Å². The van der Waals surface area contributed by atoms with E-state index in [4.69, 9.17) is 0 Å². The second-order valence-electron chi connectivity index (χ2n) is 4.29. The van der Waals surface area contributed by atoms with Crippen LogP contribution in [0.5, 0.6) is 0 Å². The van der Waals surface area contributed by atoms with Gasteiger partial charge >= 0.3 is 0 Å². The largest absolute Gasteiger partial charge is 0.287 e. The molecule has 0 atom stereocenters. The van der Waals surface area contributed by atoms with Crippen LogP contribution in [0.4, 0.5) is 4.39 Å². The summed E-state index contributed by atoms with van der Waals surface area (Å²) in [5.74, 6) is -1.10. The monoisotopic (exact) mass is 345 g/mol. The first-order valence-corrected chi connectivity index (χ1v) is 6.92. The van der Waals surface area contributed by atoms with Crippen molar-refractivity contribution in [3.63, 3.8) is 0 Å². The van der Waals surface area contributed by atoms with Gasteiger partial charge in [-0.2, -0.15) is 9.90 Å². The zero-order valence-electron chi connectivity index (χ0n) is 10.7. The molecule has 0 fully saturated rings. The molecular formula is C15H9BrFN3O. The molecule has 0 spiro atoms. The molecule has 0 N–H and O–H groups in total. The molecule has 0 unspecified atom stereocenters. The number of aromatic nitrogens is 3. The summed E-state index contributed by atoms with van der Waals surface area (Å²) in [5, 5.41) is 8.14. The van der Waals surface area contributed by atoms with E-state index in [1.165, 1.54) is 23.1 Å². The molecule has 0 aliphatic rings. The van der Waals surface area contributed by atoms with Crippen LogP contribution in [0.25, 0.3) is 5.69 Å². The lowest BCUT2D eigenvalue weighted by Crippen LogP contribution is -2.07. The molecule has 0 saturated heterocycles. The minimum atomic E-state index is -0.600. The first-order valence-electron chi connectivity index (χ1n) is 6.13. The van der Waals surface area contributed by atoms with E-state index >= 15 is 0 Å². The van der Waals surface area contributed by atoms with E-state index in [1.807, 2.05) is 30.3 Å². The molecule has 0 bridgehead atoms. The van der Waals surface area contributed by atoms with Crippen LogP contribution in [-0.2, 0) is 0 Å². The highest BCUT2D eigenvalue weighted by Crippen LogP contribution is 2.20. The predicted octanol–water partition coefficient (Wildman–Crippen LogP) is 3.40. The lowest BCUT2D eigenvalue weighted by atomic mass is 10.1. The summed E-state index contributed by atoms with van der Waals surface area (Å²) in [6.07, 6.45) is 1.33.